The molecule has 2 aliphatic heterocycles. The molecule has 2 aliphatic rings. The smallest absolute Gasteiger partial charge is 0.257 e. The Labute approximate surface area is 145 Å². The molecule has 0 saturated carbocycles. The van der Waals surface area contributed by atoms with Crippen molar-refractivity contribution in [2.75, 3.05) is 26.3 Å². The van der Waals surface area contributed by atoms with Gasteiger partial charge in [-0.1, -0.05) is 6.07 Å². The number of ether oxygens (including phenoxy) is 3. The van der Waals surface area contributed by atoms with Crippen molar-refractivity contribution in [2.45, 2.75) is 19.4 Å². The van der Waals surface area contributed by atoms with Gasteiger partial charge < -0.3 is 19.1 Å². The maximum absolute atomic E-state index is 12.9. The van der Waals surface area contributed by atoms with Crippen molar-refractivity contribution < 1.29 is 19.0 Å². The number of para-hydroxylation sites is 1. The number of likely N-dealkylation sites (tertiary alicyclic amines) is 1. The Balaban J connectivity index is 1.45. The van der Waals surface area contributed by atoms with Crippen LogP contribution in [0.5, 0.6) is 17.4 Å². The average Bonchev–Trinajstić information content (AvgIpc) is 3.11. The zero-order valence-corrected chi connectivity index (χ0v) is 14.0. The second-order valence-corrected chi connectivity index (χ2v) is 6.12. The van der Waals surface area contributed by atoms with E-state index in [0.717, 1.165) is 12.1 Å². The maximum Gasteiger partial charge on any atom is 0.257 e. The lowest BCUT2D eigenvalue weighted by Crippen LogP contribution is -2.32. The van der Waals surface area contributed by atoms with Crippen LogP contribution in [-0.4, -0.2) is 53.4 Å². The second-order valence-electron chi connectivity index (χ2n) is 6.12. The number of hydrogen-bond donors (Lipinski definition) is 0. The fourth-order valence-corrected chi connectivity index (χ4v) is 3.04. The SMILES string of the molecule is Cc1ccc(O[C@@H]2CCN(C(=O)c3cccc4c3OCCO4)C2)nn1. The van der Waals surface area contributed by atoms with Crippen LogP contribution in [0.3, 0.4) is 0 Å². The molecule has 1 saturated heterocycles. The Bertz CT molecular complexity index is 778. The van der Waals surface area contributed by atoms with Gasteiger partial charge in [-0.2, -0.15) is 5.10 Å². The minimum absolute atomic E-state index is 0.0663. The zero-order chi connectivity index (χ0) is 17.2. The van der Waals surface area contributed by atoms with Crippen molar-refractivity contribution in [1.82, 2.24) is 15.1 Å². The first-order chi connectivity index (χ1) is 12.2. The number of benzene rings is 1. The largest absolute Gasteiger partial charge is 0.486 e. The number of hydrogen-bond acceptors (Lipinski definition) is 6. The molecule has 1 atom stereocenters. The minimum Gasteiger partial charge on any atom is -0.486 e. The highest BCUT2D eigenvalue weighted by molar-refractivity contribution is 5.98. The van der Waals surface area contributed by atoms with Gasteiger partial charge in [-0.05, 0) is 25.1 Å². The number of aromatic nitrogens is 2. The highest BCUT2D eigenvalue weighted by atomic mass is 16.6. The lowest BCUT2D eigenvalue weighted by molar-refractivity contribution is 0.0760. The van der Waals surface area contributed by atoms with Crippen molar-refractivity contribution in [3.8, 4) is 17.4 Å². The molecule has 1 aromatic carbocycles. The van der Waals surface area contributed by atoms with E-state index in [2.05, 4.69) is 10.2 Å². The van der Waals surface area contributed by atoms with E-state index in [1.807, 2.05) is 25.1 Å². The van der Waals surface area contributed by atoms with Crippen LogP contribution in [0, 0.1) is 6.92 Å². The molecule has 0 aliphatic carbocycles. The highest BCUT2D eigenvalue weighted by Crippen LogP contribution is 2.34. The third kappa shape index (κ3) is 3.22. The first-order valence-corrected chi connectivity index (χ1v) is 8.35. The molecule has 0 radical (unpaired) electrons. The monoisotopic (exact) mass is 341 g/mol. The average molecular weight is 341 g/mol. The van der Waals surface area contributed by atoms with Gasteiger partial charge >= 0.3 is 0 Å². The maximum atomic E-state index is 12.9. The lowest BCUT2D eigenvalue weighted by atomic mass is 10.1. The standard InChI is InChI=1S/C18H19N3O4/c1-12-5-6-16(20-19-12)25-13-7-8-21(11-13)18(22)14-3-2-4-15-17(14)24-10-9-23-15/h2-6,13H,7-11H2,1H3/t13-/m1/s1. The predicted molar refractivity (Wildman–Crippen MR) is 89.1 cm³/mol. The van der Waals surface area contributed by atoms with E-state index in [4.69, 9.17) is 14.2 Å². The molecule has 0 bridgehead atoms. The molecule has 0 unspecified atom stereocenters. The van der Waals surface area contributed by atoms with Crippen LogP contribution in [0.1, 0.15) is 22.5 Å². The summed E-state index contributed by atoms with van der Waals surface area (Å²) < 4.78 is 17.0. The molecule has 7 heteroatoms. The quantitative estimate of drug-likeness (QED) is 0.848. The normalized spacial score (nSPS) is 18.9. The summed E-state index contributed by atoms with van der Waals surface area (Å²) >= 11 is 0. The molecular formula is C18H19N3O4. The second kappa shape index (κ2) is 6.58. The summed E-state index contributed by atoms with van der Waals surface area (Å²) in [6.45, 7) is 3.97. The Kier molecular flexibility index (Phi) is 4.13. The Hall–Kier alpha value is -2.83. The van der Waals surface area contributed by atoms with Crippen molar-refractivity contribution >= 4 is 5.91 Å². The molecule has 7 nitrogen and oxygen atoms in total. The first-order valence-electron chi connectivity index (χ1n) is 8.35. The molecule has 0 N–H and O–H groups in total. The minimum atomic E-state index is -0.0855. The lowest BCUT2D eigenvalue weighted by Gasteiger charge is -2.23. The topological polar surface area (TPSA) is 73.8 Å². The van der Waals surface area contributed by atoms with Crippen LogP contribution in [0.2, 0.25) is 0 Å². The van der Waals surface area contributed by atoms with Crippen LogP contribution in [0.15, 0.2) is 30.3 Å². The molecule has 3 heterocycles. The van der Waals surface area contributed by atoms with Gasteiger partial charge in [0.15, 0.2) is 11.5 Å². The number of fused-ring (bicyclic) bond motifs is 1. The fraction of sp³-hybridized carbons (Fsp3) is 0.389. The van der Waals surface area contributed by atoms with Crippen LogP contribution in [0.25, 0.3) is 0 Å². The molecule has 1 fully saturated rings. The third-order valence-electron chi connectivity index (χ3n) is 4.29. The summed E-state index contributed by atoms with van der Waals surface area (Å²) in [4.78, 5) is 14.6. The van der Waals surface area contributed by atoms with Crippen molar-refractivity contribution in [3.05, 3.63) is 41.6 Å². The van der Waals surface area contributed by atoms with E-state index in [0.29, 0.717) is 49.2 Å². The summed E-state index contributed by atoms with van der Waals surface area (Å²) in [6, 6.07) is 9.05. The Morgan fingerprint density at radius 1 is 1.20 bits per heavy atom. The van der Waals surface area contributed by atoms with E-state index in [1.165, 1.54) is 0 Å². The van der Waals surface area contributed by atoms with Crippen molar-refractivity contribution in [3.63, 3.8) is 0 Å². The van der Waals surface area contributed by atoms with Gasteiger partial charge in [0.1, 0.15) is 19.3 Å². The van der Waals surface area contributed by atoms with Crippen molar-refractivity contribution in [2.24, 2.45) is 0 Å². The van der Waals surface area contributed by atoms with Crippen molar-refractivity contribution in [1.29, 1.82) is 0 Å². The van der Waals surface area contributed by atoms with Crippen LogP contribution >= 0.6 is 0 Å². The van der Waals surface area contributed by atoms with Gasteiger partial charge in [0, 0.05) is 19.0 Å². The van der Waals surface area contributed by atoms with Gasteiger partial charge in [0.2, 0.25) is 5.88 Å². The van der Waals surface area contributed by atoms with Crippen LogP contribution in [0.4, 0.5) is 0 Å². The van der Waals surface area contributed by atoms with E-state index in [-0.39, 0.29) is 12.0 Å². The Morgan fingerprint density at radius 2 is 2.08 bits per heavy atom. The third-order valence-corrected chi connectivity index (χ3v) is 4.29. The molecular weight excluding hydrogens is 322 g/mol. The van der Waals surface area contributed by atoms with Gasteiger partial charge in [-0.3, -0.25) is 4.79 Å². The summed E-state index contributed by atoms with van der Waals surface area (Å²) in [5.74, 6) is 1.58. The summed E-state index contributed by atoms with van der Waals surface area (Å²) in [5.41, 5.74) is 1.37. The van der Waals surface area contributed by atoms with E-state index in [1.54, 1.807) is 17.0 Å². The number of aryl methyl sites for hydroxylation is 1. The highest BCUT2D eigenvalue weighted by Gasteiger charge is 2.31. The van der Waals surface area contributed by atoms with Gasteiger partial charge in [-0.15, -0.1) is 5.10 Å². The molecule has 1 amide bonds. The summed E-state index contributed by atoms with van der Waals surface area (Å²) in [5, 5.41) is 8.00. The molecule has 130 valence electrons. The number of nitrogens with zero attached hydrogens (tertiary/aromatic N) is 3. The summed E-state index contributed by atoms with van der Waals surface area (Å²) in [6.07, 6.45) is 0.672. The zero-order valence-electron chi connectivity index (χ0n) is 14.0. The van der Waals surface area contributed by atoms with E-state index >= 15 is 0 Å². The molecule has 0 spiro atoms. The molecule has 4 rings (SSSR count). The Morgan fingerprint density at radius 3 is 2.92 bits per heavy atom. The van der Waals surface area contributed by atoms with E-state index in [9.17, 15) is 4.79 Å². The van der Waals surface area contributed by atoms with Crippen LogP contribution in [-0.2, 0) is 0 Å². The molecule has 1 aromatic heterocycles. The fourth-order valence-electron chi connectivity index (χ4n) is 3.04. The van der Waals surface area contributed by atoms with Gasteiger partial charge in [0.25, 0.3) is 5.91 Å². The van der Waals surface area contributed by atoms with Gasteiger partial charge in [-0.25, -0.2) is 0 Å². The number of rotatable bonds is 3. The number of carbonyl (C=O) groups excluding carboxylic acids is 1. The molecule has 25 heavy (non-hydrogen) atoms. The van der Waals surface area contributed by atoms with Gasteiger partial charge in [0.05, 0.1) is 17.8 Å². The van der Waals surface area contributed by atoms with E-state index < -0.39 is 0 Å². The predicted octanol–water partition coefficient (Wildman–Crippen LogP) is 1.85. The summed E-state index contributed by atoms with van der Waals surface area (Å²) in [7, 11) is 0. The number of amides is 1. The number of carbonyl (C=O) groups is 1. The first kappa shape index (κ1) is 15.7. The van der Waals surface area contributed by atoms with Crippen LogP contribution < -0.4 is 14.2 Å². The molecule has 2 aromatic rings.